The lowest BCUT2D eigenvalue weighted by Gasteiger charge is -2.27. The summed E-state index contributed by atoms with van der Waals surface area (Å²) < 4.78 is 13.3. The molecule has 0 aliphatic heterocycles. The van der Waals surface area contributed by atoms with Crippen LogP contribution in [-0.2, 0) is 4.79 Å². The molecule has 116 valence electrons. The molecule has 0 fully saturated rings. The summed E-state index contributed by atoms with van der Waals surface area (Å²) >= 11 is 11.3. The first-order chi connectivity index (χ1) is 9.76. The van der Waals surface area contributed by atoms with E-state index in [1.807, 2.05) is 6.92 Å². The zero-order valence-corrected chi connectivity index (χ0v) is 13.0. The highest BCUT2D eigenvalue weighted by molar-refractivity contribution is 6.35. The summed E-state index contributed by atoms with van der Waals surface area (Å²) in [6.45, 7) is 3.12. The molecule has 0 bridgehead atoms. The highest BCUT2D eigenvalue weighted by atomic mass is 35.5. The van der Waals surface area contributed by atoms with Crippen molar-refractivity contribution in [2.24, 2.45) is 0 Å². The average Bonchev–Trinajstić information content (AvgIpc) is 2.40. The van der Waals surface area contributed by atoms with Crippen molar-refractivity contribution in [1.29, 1.82) is 0 Å². The molecule has 1 aromatic rings. The predicted molar refractivity (Wildman–Crippen MR) is 79.5 cm³/mol. The van der Waals surface area contributed by atoms with Crippen molar-refractivity contribution in [2.45, 2.75) is 26.3 Å². The molecule has 0 aromatic heterocycles. The van der Waals surface area contributed by atoms with Gasteiger partial charge < -0.3 is 15.3 Å². The van der Waals surface area contributed by atoms with Gasteiger partial charge in [-0.05, 0) is 25.5 Å². The van der Waals surface area contributed by atoms with Gasteiger partial charge in [0.05, 0.1) is 10.0 Å². The second kappa shape index (κ2) is 7.47. The molecule has 2 amide bonds. The van der Waals surface area contributed by atoms with Gasteiger partial charge >= 0.3 is 12.0 Å². The SMILES string of the molecule is CCC(C)N(CC(=O)O)C(=O)Nc1cc(Cl)c(F)c(Cl)c1. The maximum absolute atomic E-state index is 13.3. The van der Waals surface area contributed by atoms with E-state index in [0.717, 1.165) is 4.90 Å². The van der Waals surface area contributed by atoms with Crippen molar-refractivity contribution in [2.75, 3.05) is 11.9 Å². The molecule has 5 nitrogen and oxygen atoms in total. The number of amides is 2. The zero-order chi connectivity index (χ0) is 16.2. The van der Waals surface area contributed by atoms with Crippen LogP contribution in [0.2, 0.25) is 10.0 Å². The Labute approximate surface area is 131 Å². The first-order valence-corrected chi connectivity index (χ1v) is 6.95. The Kier molecular flexibility index (Phi) is 6.23. The van der Waals surface area contributed by atoms with Crippen molar-refractivity contribution in [3.8, 4) is 0 Å². The van der Waals surface area contributed by atoms with Crippen molar-refractivity contribution in [3.05, 3.63) is 28.0 Å². The third-order valence-corrected chi connectivity index (χ3v) is 3.47. The number of nitrogens with one attached hydrogen (secondary N) is 1. The molecule has 2 N–H and O–H groups in total. The lowest BCUT2D eigenvalue weighted by Crippen LogP contribution is -2.44. The molecule has 1 aromatic carbocycles. The van der Waals surface area contributed by atoms with Crippen molar-refractivity contribution in [3.63, 3.8) is 0 Å². The first-order valence-electron chi connectivity index (χ1n) is 6.20. The van der Waals surface area contributed by atoms with Crippen LogP contribution < -0.4 is 5.32 Å². The standard InChI is InChI=1S/C13H15Cl2FN2O3/c1-3-7(2)18(6-11(19)20)13(21)17-8-4-9(14)12(16)10(15)5-8/h4-5,7H,3,6H2,1-2H3,(H,17,21)(H,19,20). The van der Waals surface area contributed by atoms with E-state index in [1.165, 1.54) is 12.1 Å². The molecule has 0 saturated carbocycles. The van der Waals surface area contributed by atoms with Gasteiger partial charge in [0.25, 0.3) is 0 Å². The number of rotatable bonds is 5. The number of carboxylic acids is 1. The van der Waals surface area contributed by atoms with Crippen LogP contribution in [0, 0.1) is 5.82 Å². The van der Waals surface area contributed by atoms with Crippen LogP contribution in [0.15, 0.2) is 12.1 Å². The van der Waals surface area contributed by atoms with Crippen molar-refractivity contribution < 1.29 is 19.1 Å². The van der Waals surface area contributed by atoms with Gasteiger partial charge in [-0.15, -0.1) is 0 Å². The van der Waals surface area contributed by atoms with Crippen LogP contribution in [0.3, 0.4) is 0 Å². The second-order valence-electron chi connectivity index (χ2n) is 4.46. The number of halogens is 3. The van der Waals surface area contributed by atoms with E-state index in [9.17, 15) is 14.0 Å². The number of nitrogens with zero attached hydrogens (tertiary/aromatic N) is 1. The summed E-state index contributed by atoms with van der Waals surface area (Å²) in [7, 11) is 0. The predicted octanol–water partition coefficient (Wildman–Crippen LogP) is 3.85. The van der Waals surface area contributed by atoms with Crippen LogP contribution in [0.4, 0.5) is 14.9 Å². The van der Waals surface area contributed by atoms with Crippen LogP contribution in [0.1, 0.15) is 20.3 Å². The number of carboxylic acid groups (broad SMARTS) is 1. The normalized spacial score (nSPS) is 11.9. The van der Waals surface area contributed by atoms with Crippen molar-refractivity contribution in [1.82, 2.24) is 4.90 Å². The molecular weight excluding hydrogens is 322 g/mol. The monoisotopic (exact) mass is 336 g/mol. The molecule has 1 unspecified atom stereocenters. The lowest BCUT2D eigenvalue weighted by molar-refractivity contribution is -0.138. The minimum Gasteiger partial charge on any atom is -0.480 e. The largest absolute Gasteiger partial charge is 0.480 e. The molecule has 0 aliphatic carbocycles. The molecule has 8 heteroatoms. The topological polar surface area (TPSA) is 69.6 Å². The summed E-state index contributed by atoms with van der Waals surface area (Å²) in [5, 5.41) is 10.9. The highest BCUT2D eigenvalue weighted by Gasteiger charge is 2.22. The van der Waals surface area contributed by atoms with E-state index in [4.69, 9.17) is 28.3 Å². The van der Waals surface area contributed by atoms with Gasteiger partial charge in [-0.25, -0.2) is 9.18 Å². The summed E-state index contributed by atoms with van der Waals surface area (Å²) in [4.78, 5) is 24.1. The fourth-order valence-corrected chi connectivity index (χ4v) is 2.10. The Hall–Kier alpha value is -1.53. The Morgan fingerprint density at radius 3 is 2.33 bits per heavy atom. The number of benzene rings is 1. The Bertz CT molecular complexity index is 531. The lowest BCUT2D eigenvalue weighted by atomic mass is 10.2. The van der Waals surface area contributed by atoms with Crippen LogP contribution in [0.25, 0.3) is 0 Å². The van der Waals surface area contributed by atoms with Crippen molar-refractivity contribution >= 4 is 40.9 Å². The molecule has 21 heavy (non-hydrogen) atoms. The number of aliphatic carboxylic acids is 1. The number of anilines is 1. The van der Waals surface area contributed by atoms with Gasteiger partial charge in [0.2, 0.25) is 0 Å². The van der Waals surface area contributed by atoms with Gasteiger partial charge in [-0.2, -0.15) is 0 Å². The number of hydrogen-bond donors (Lipinski definition) is 2. The molecule has 0 spiro atoms. The molecule has 0 heterocycles. The van der Waals surface area contributed by atoms with E-state index in [0.29, 0.717) is 6.42 Å². The number of carbonyl (C=O) groups excluding carboxylic acids is 1. The smallest absolute Gasteiger partial charge is 0.323 e. The maximum Gasteiger partial charge on any atom is 0.323 e. The third kappa shape index (κ3) is 4.75. The molecule has 1 rings (SSSR count). The van der Waals surface area contributed by atoms with E-state index < -0.39 is 24.4 Å². The Morgan fingerprint density at radius 1 is 1.38 bits per heavy atom. The number of hydrogen-bond acceptors (Lipinski definition) is 2. The second-order valence-corrected chi connectivity index (χ2v) is 5.28. The van der Waals surface area contributed by atoms with Crippen LogP contribution in [0.5, 0.6) is 0 Å². The summed E-state index contributed by atoms with van der Waals surface area (Å²) in [6, 6.07) is 1.52. The van der Waals surface area contributed by atoms with E-state index in [2.05, 4.69) is 5.32 Å². The Balaban J connectivity index is 2.93. The number of urea groups is 1. The van der Waals surface area contributed by atoms with Gasteiger partial charge in [0.15, 0.2) is 5.82 Å². The molecular formula is C13H15Cl2FN2O3. The van der Waals surface area contributed by atoms with Gasteiger partial charge in [0.1, 0.15) is 6.54 Å². The molecule has 0 radical (unpaired) electrons. The molecule has 0 saturated heterocycles. The summed E-state index contributed by atoms with van der Waals surface area (Å²) in [6.07, 6.45) is 0.589. The minimum absolute atomic E-state index is 0.190. The third-order valence-electron chi connectivity index (χ3n) is 2.92. The first kappa shape index (κ1) is 17.5. The summed E-state index contributed by atoms with van der Waals surface area (Å²) in [5.41, 5.74) is 0.190. The van der Waals surface area contributed by atoms with E-state index in [1.54, 1.807) is 6.92 Å². The van der Waals surface area contributed by atoms with Crippen LogP contribution in [-0.4, -0.2) is 34.6 Å². The Morgan fingerprint density at radius 2 is 1.90 bits per heavy atom. The summed E-state index contributed by atoms with van der Waals surface area (Å²) in [5.74, 6) is -1.90. The highest BCUT2D eigenvalue weighted by Crippen LogP contribution is 2.27. The average molecular weight is 337 g/mol. The minimum atomic E-state index is -1.12. The molecule has 1 atom stereocenters. The zero-order valence-electron chi connectivity index (χ0n) is 11.5. The quantitative estimate of drug-likeness (QED) is 0.802. The fraction of sp³-hybridized carbons (Fsp3) is 0.385. The maximum atomic E-state index is 13.3. The van der Waals surface area contributed by atoms with Gasteiger partial charge in [-0.1, -0.05) is 30.1 Å². The number of carbonyl (C=O) groups is 2. The van der Waals surface area contributed by atoms with Crippen LogP contribution >= 0.6 is 23.2 Å². The fourth-order valence-electron chi connectivity index (χ4n) is 1.62. The van der Waals surface area contributed by atoms with E-state index in [-0.39, 0.29) is 21.8 Å². The molecule has 0 aliphatic rings. The van der Waals surface area contributed by atoms with E-state index >= 15 is 0 Å². The van der Waals surface area contributed by atoms with Gasteiger partial charge in [-0.3, -0.25) is 4.79 Å². The van der Waals surface area contributed by atoms with Gasteiger partial charge in [0, 0.05) is 11.7 Å².